The number of hydrogen-bond donors (Lipinski definition) is 1. The molecule has 24 heavy (non-hydrogen) atoms. The summed E-state index contributed by atoms with van der Waals surface area (Å²) < 4.78 is 10.0. The van der Waals surface area contributed by atoms with Crippen molar-refractivity contribution in [3.05, 3.63) is 35.4 Å². The van der Waals surface area contributed by atoms with E-state index in [0.29, 0.717) is 19.6 Å². The molecule has 0 bridgehead atoms. The smallest absolute Gasteiger partial charge is 0.320 e. The van der Waals surface area contributed by atoms with Crippen LogP contribution in [0.25, 0.3) is 0 Å². The summed E-state index contributed by atoms with van der Waals surface area (Å²) in [6.45, 7) is 4.06. The molecular weight excluding hydrogens is 310 g/mol. The first-order valence-electron chi connectivity index (χ1n) is 7.95. The summed E-state index contributed by atoms with van der Waals surface area (Å²) in [4.78, 5) is 27.7. The topological polar surface area (TPSA) is 71.1 Å². The van der Waals surface area contributed by atoms with Gasteiger partial charge in [0.1, 0.15) is 6.54 Å². The van der Waals surface area contributed by atoms with Crippen LogP contribution in [0.2, 0.25) is 0 Å². The van der Waals surface area contributed by atoms with Crippen molar-refractivity contribution in [2.75, 3.05) is 40.4 Å². The molecule has 1 fully saturated rings. The normalized spacial score (nSPS) is 14.6. The minimum Gasteiger partial charge on any atom is -0.354 e. The Labute approximate surface area is 142 Å². The van der Waals surface area contributed by atoms with Gasteiger partial charge in [-0.15, -0.1) is 0 Å². The minimum atomic E-state index is -0.485. The highest BCUT2D eigenvalue weighted by Crippen LogP contribution is 2.14. The highest BCUT2D eigenvalue weighted by atomic mass is 16.7. The van der Waals surface area contributed by atoms with E-state index in [2.05, 4.69) is 11.4 Å². The second-order valence-corrected chi connectivity index (χ2v) is 5.82. The third-order valence-electron chi connectivity index (χ3n) is 3.96. The summed E-state index contributed by atoms with van der Waals surface area (Å²) in [5.41, 5.74) is 2.26. The van der Waals surface area contributed by atoms with Crippen LogP contribution in [-0.2, 0) is 20.8 Å². The SMILES string of the molecule is COC(CNC(=O)CN1CCN(Cc2cccc(C)c2)C1=O)OC. The van der Waals surface area contributed by atoms with Crippen LogP contribution in [0.15, 0.2) is 24.3 Å². The lowest BCUT2D eigenvalue weighted by molar-refractivity contribution is -0.127. The molecule has 1 saturated heterocycles. The van der Waals surface area contributed by atoms with Crippen molar-refractivity contribution >= 4 is 11.9 Å². The van der Waals surface area contributed by atoms with Crippen LogP contribution in [0, 0.1) is 6.92 Å². The van der Waals surface area contributed by atoms with E-state index in [-0.39, 0.29) is 25.0 Å². The summed E-state index contributed by atoms with van der Waals surface area (Å²) in [6, 6.07) is 7.98. The zero-order valence-corrected chi connectivity index (χ0v) is 14.4. The van der Waals surface area contributed by atoms with E-state index in [4.69, 9.17) is 9.47 Å². The average Bonchev–Trinajstić information content (AvgIpc) is 2.89. The lowest BCUT2D eigenvalue weighted by Crippen LogP contribution is -2.42. The molecule has 132 valence electrons. The molecule has 7 heteroatoms. The zero-order valence-electron chi connectivity index (χ0n) is 14.4. The largest absolute Gasteiger partial charge is 0.354 e. The van der Waals surface area contributed by atoms with E-state index in [1.54, 1.807) is 9.80 Å². The number of benzene rings is 1. The minimum absolute atomic E-state index is 0.0449. The van der Waals surface area contributed by atoms with Gasteiger partial charge in [0, 0.05) is 33.9 Å². The van der Waals surface area contributed by atoms with Crippen molar-refractivity contribution in [2.24, 2.45) is 0 Å². The molecule has 0 aromatic heterocycles. The maximum absolute atomic E-state index is 12.4. The lowest BCUT2D eigenvalue weighted by atomic mass is 10.1. The van der Waals surface area contributed by atoms with Crippen LogP contribution in [0.4, 0.5) is 4.79 Å². The Balaban J connectivity index is 1.82. The Bertz CT molecular complexity index is 575. The van der Waals surface area contributed by atoms with Gasteiger partial charge in [-0.1, -0.05) is 29.8 Å². The number of carbonyl (C=O) groups is 2. The second kappa shape index (κ2) is 8.65. The third-order valence-corrected chi connectivity index (χ3v) is 3.96. The van der Waals surface area contributed by atoms with Gasteiger partial charge in [0.25, 0.3) is 0 Å². The highest BCUT2D eigenvalue weighted by Gasteiger charge is 2.29. The molecule has 1 aliphatic heterocycles. The van der Waals surface area contributed by atoms with Crippen molar-refractivity contribution in [3.63, 3.8) is 0 Å². The first-order chi connectivity index (χ1) is 11.5. The molecule has 2 rings (SSSR count). The molecule has 0 radical (unpaired) electrons. The summed E-state index contributed by atoms with van der Waals surface area (Å²) in [5.74, 6) is -0.222. The van der Waals surface area contributed by atoms with E-state index in [9.17, 15) is 9.59 Å². The highest BCUT2D eigenvalue weighted by molar-refractivity contribution is 5.85. The number of methoxy groups -OCH3 is 2. The number of carbonyl (C=O) groups excluding carboxylic acids is 2. The molecule has 0 atom stereocenters. The molecule has 1 N–H and O–H groups in total. The Kier molecular flexibility index (Phi) is 6.57. The third kappa shape index (κ3) is 4.94. The molecule has 1 aromatic carbocycles. The van der Waals surface area contributed by atoms with Crippen molar-refractivity contribution in [1.82, 2.24) is 15.1 Å². The van der Waals surface area contributed by atoms with E-state index in [1.165, 1.54) is 19.8 Å². The zero-order chi connectivity index (χ0) is 17.5. The molecule has 7 nitrogen and oxygen atoms in total. The van der Waals surface area contributed by atoms with Crippen LogP contribution in [0.1, 0.15) is 11.1 Å². The van der Waals surface area contributed by atoms with Gasteiger partial charge in [0.15, 0.2) is 6.29 Å². The van der Waals surface area contributed by atoms with E-state index in [0.717, 1.165) is 5.56 Å². The number of hydrogen-bond acceptors (Lipinski definition) is 4. The number of rotatable bonds is 8. The molecule has 0 saturated carbocycles. The van der Waals surface area contributed by atoms with Crippen molar-refractivity contribution in [1.29, 1.82) is 0 Å². The Morgan fingerprint density at radius 2 is 1.96 bits per heavy atom. The van der Waals surface area contributed by atoms with Gasteiger partial charge in [-0.25, -0.2) is 4.79 Å². The van der Waals surface area contributed by atoms with Gasteiger partial charge in [0.05, 0.1) is 6.54 Å². The van der Waals surface area contributed by atoms with Gasteiger partial charge >= 0.3 is 6.03 Å². The van der Waals surface area contributed by atoms with Crippen LogP contribution in [-0.4, -0.2) is 68.4 Å². The van der Waals surface area contributed by atoms with Crippen molar-refractivity contribution < 1.29 is 19.1 Å². The Morgan fingerprint density at radius 3 is 2.62 bits per heavy atom. The molecule has 1 aliphatic rings. The van der Waals surface area contributed by atoms with E-state index in [1.807, 2.05) is 25.1 Å². The van der Waals surface area contributed by atoms with Gasteiger partial charge < -0.3 is 24.6 Å². The molecule has 3 amide bonds. The lowest BCUT2D eigenvalue weighted by Gasteiger charge is -2.19. The first kappa shape index (κ1) is 18.2. The number of nitrogens with one attached hydrogen (secondary N) is 1. The van der Waals surface area contributed by atoms with Gasteiger partial charge in [-0.3, -0.25) is 4.79 Å². The summed E-state index contributed by atoms with van der Waals surface area (Å²) in [7, 11) is 3.01. The summed E-state index contributed by atoms with van der Waals surface area (Å²) >= 11 is 0. The molecule has 0 aliphatic carbocycles. The molecular formula is C17H25N3O4. The summed E-state index contributed by atoms with van der Waals surface area (Å²) in [5, 5.41) is 2.70. The number of amides is 3. The standard InChI is InChI=1S/C17H25N3O4/c1-13-5-4-6-14(9-13)11-19-7-8-20(17(19)22)12-15(21)18-10-16(23-2)24-3/h4-6,9,16H,7-8,10-12H2,1-3H3,(H,18,21). The fourth-order valence-electron chi connectivity index (χ4n) is 2.65. The molecule has 1 heterocycles. The predicted octanol–water partition coefficient (Wildman–Crippen LogP) is 0.968. The van der Waals surface area contributed by atoms with Crippen molar-refractivity contribution in [2.45, 2.75) is 19.8 Å². The maximum Gasteiger partial charge on any atom is 0.320 e. The van der Waals surface area contributed by atoms with Gasteiger partial charge in [-0.05, 0) is 12.5 Å². The number of aryl methyl sites for hydroxylation is 1. The number of ether oxygens (including phenoxy) is 2. The first-order valence-corrected chi connectivity index (χ1v) is 7.95. The van der Waals surface area contributed by atoms with E-state index < -0.39 is 6.29 Å². The monoisotopic (exact) mass is 335 g/mol. The van der Waals surface area contributed by atoms with Crippen LogP contribution >= 0.6 is 0 Å². The fraction of sp³-hybridized carbons (Fsp3) is 0.529. The predicted molar refractivity (Wildman–Crippen MR) is 89.4 cm³/mol. The fourth-order valence-corrected chi connectivity index (χ4v) is 2.65. The molecule has 0 unspecified atom stereocenters. The Morgan fingerprint density at radius 1 is 1.25 bits per heavy atom. The average molecular weight is 335 g/mol. The molecule has 1 aromatic rings. The maximum atomic E-state index is 12.4. The second-order valence-electron chi connectivity index (χ2n) is 5.82. The van der Waals surface area contributed by atoms with Gasteiger partial charge in [0.2, 0.25) is 5.91 Å². The molecule has 0 spiro atoms. The van der Waals surface area contributed by atoms with Crippen LogP contribution < -0.4 is 5.32 Å². The van der Waals surface area contributed by atoms with E-state index >= 15 is 0 Å². The number of urea groups is 1. The number of nitrogens with zero attached hydrogens (tertiary/aromatic N) is 2. The van der Waals surface area contributed by atoms with Crippen LogP contribution in [0.3, 0.4) is 0 Å². The van der Waals surface area contributed by atoms with Crippen molar-refractivity contribution in [3.8, 4) is 0 Å². The van der Waals surface area contributed by atoms with Crippen LogP contribution in [0.5, 0.6) is 0 Å². The Hall–Kier alpha value is -2.12. The summed E-state index contributed by atoms with van der Waals surface area (Å²) in [6.07, 6.45) is -0.485. The quantitative estimate of drug-likeness (QED) is 0.719. The van der Waals surface area contributed by atoms with Gasteiger partial charge in [-0.2, -0.15) is 0 Å².